The van der Waals surface area contributed by atoms with Gasteiger partial charge in [0, 0.05) is 20.6 Å². The third-order valence-corrected chi connectivity index (χ3v) is 3.43. The summed E-state index contributed by atoms with van der Waals surface area (Å²) < 4.78 is 0. The Bertz CT molecular complexity index is 178. The highest BCUT2D eigenvalue weighted by Crippen LogP contribution is 2.11. The molecule has 0 fully saturated rings. The molecule has 0 aromatic carbocycles. The molecule has 0 amide bonds. The monoisotopic (exact) mass is 254 g/mol. The normalized spacial score (nSPS) is 11.3. The molecule has 108 valence electrons. The van der Waals surface area contributed by atoms with Gasteiger partial charge in [0.2, 0.25) is 0 Å². The molecule has 0 rings (SSSR count). The fraction of sp³-hybridized carbons (Fsp3) is 0.938. The van der Waals surface area contributed by atoms with Crippen LogP contribution in [-0.4, -0.2) is 31.9 Å². The van der Waals surface area contributed by atoms with E-state index >= 15 is 0 Å². The maximum absolute atomic E-state index is 4.01. The molecule has 0 saturated carbocycles. The Kier molecular flexibility index (Phi) is 14.1. The topological polar surface area (TPSA) is 15.6 Å². The van der Waals surface area contributed by atoms with E-state index in [1.807, 2.05) is 13.4 Å². The van der Waals surface area contributed by atoms with Crippen molar-refractivity contribution >= 4 is 6.34 Å². The van der Waals surface area contributed by atoms with E-state index in [1.165, 1.54) is 70.6 Å². The maximum atomic E-state index is 4.01. The summed E-state index contributed by atoms with van der Waals surface area (Å²) in [6.45, 7) is 3.43. The molecule has 0 aromatic rings. The number of hydrogen-bond acceptors (Lipinski definition) is 1. The highest BCUT2D eigenvalue weighted by atomic mass is 15.1. The number of nitrogens with zero attached hydrogens (tertiary/aromatic N) is 2. The Morgan fingerprint density at radius 1 is 0.778 bits per heavy atom. The second-order valence-corrected chi connectivity index (χ2v) is 5.39. The highest BCUT2D eigenvalue weighted by Gasteiger charge is 1.94. The number of hydrogen-bond donors (Lipinski definition) is 0. The first kappa shape index (κ1) is 17.5. The van der Waals surface area contributed by atoms with E-state index in [9.17, 15) is 0 Å². The van der Waals surface area contributed by atoms with Crippen LogP contribution < -0.4 is 0 Å². The highest BCUT2D eigenvalue weighted by molar-refractivity contribution is 5.53. The van der Waals surface area contributed by atoms with E-state index in [0.29, 0.717) is 0 Å². The molecule has 0 heterocycles. The van der Waals surface area contributed by atoms with Crippen LogP contribution in [0.5, 0.6) is 0 Å². The Morgan fingerprint density at radius 2 is 1.22 bits per heavy atom. The first-order valence-electron chi connectivity index (χ1n) is 7.93. The number of rotatable bonds is 13. The van der Waals surface area contributed by atoms with Gasteiger partial charge in [-0.25, -0.2) is 0 Å². The van der Waals surface area contributed by atoms with Crippen LogP contribution in [-0.2, 0) is 0 Å². The van der Waals surface area contributed by atoms with Gasteiger partial charge >= 0.3 is 0 Å². The fourth-order valence-corrected chi connectivity index (χ4v) is 2.28. The van der Waals surface area contributed by atoms with E-state index in [0.717, 1.165) is 6.54 Å². The van der Waals surface area contributed by atoms with E-state index in [1.54, 1.807) is 0 Å². The largest absolute Gasteiger partial charge is 0.366 e. The van der Waals surface area contributed by atoms with Gasteiger partial charge in [-0.3, -0.25) is 4.99 Å². The van der Waals surface area contributed by atoms with Crippen molar-refractivity contribution in [2.24, 2.45) is 4.99 Å². The Labute approximate surface area is 115 Å². The summed E-state index contributed by atoms with van der Waals surface area (Å²) in [5, 5.41) is 0. The minimum absolute atomic E-state index is 1.15. The van der Waals surface area contributed by atoms with Crippen molar-refractivity contribution in [3.8, 4) is 0 Å². The average molecular weight is 254 g/mol. The van der Waals surface area contributed by atoms with Crippen LogP contribution in [0.4, 0.5) is 0 Å². The van der Waals surface area contributed by atoms with Crippen molar-refractivity contribution in [3.63, 3.8) is 0 Å². The molecule has 0 bridgehead atoms. The standard InChI is InChI=1S/C16H34N2/c1-4-5-6-7-8-9-10-11-12-13-14-15-18(3)16-17-2/h16H,4-15H2,1-3H3. The molecule has 0 aliphatic carbocycles. The molecule has 0 radical (unpaired) electrons. The van der Waals surface area contributed by atoms with Gasteiger partial charge in [-0.2, -0.15) is 0 Å². The van der Waals surface area contributed by atoms with Gasteiger partial charge in [0.05, 0.1) is 6.34 Å². The fourth-order valence-electron chi connectivity index (χ4n) is 2.28. The molecule has 2 nitrogen and oxygen atoms in total. The van der Waals surface area contributed by atoms with Crippen LogP contribution in [0.1, 0.15) is 77.6 Å². The lowest BCUT2D eigenvalue weighted by atomic mass is 10.1. The smallest absolute Gasteiger partial charge is 0.0843 e. The molecule has 0 unspecified atom stereocenters. The molecule has 0 saturated heterocycles. The second-order valence-electron chi connectivity index (χ2n) is 5.39. The zero-order valence-electron chi connectivity index (χ0n) is 13.0. The molecule has 0 spiro atoms. The van der Waals surface area contributed by atoms with Crippen molar-refractivity contribution in [3.05, 3.63) is 0 Å². The predicted octanol–water partition coefficient (Wildman–Crippen LogP) is 4.89. The molecule has 0 N–H and O–H groups in total. The SMILES string of the molecule is CCCCCCCCCCCCCN(C)C=NC. The van der Waals surface area contributed by atoms with Crippen molar-refractivity contribution < 1.29 is 0 Å². The first-order chi connectivity index (χ1) is 8.81. The van der Waals surface area contributed by atoms with Crippen molar-refractivity contribution in [2.75, 3.05) is 20.6 Å². The van der Waals surface area contributed by atoms with Gasteiger partial charge in [-0.15, -0.1) is 0 Å². The molecular weight excluding hydrogens is 220 g/mol. The predicted molar refractivity (Wildman–Crippen MR) is 83.5 cm³/mol. The van der Waals surface area contributed by atoms with Crippen LogP contribution in [0.2, 0.25) is 0 Å². The lowest BCUT2D eigenvalue weighted by molar-refractivity contribution is 0.473. The van der Waals surface area contributed by atoms with Gasteiger partial charge < -0.3 is 4.90 Å². The van der Waals surface area contributed by atoms with Gasteiger partial charge in [0.25, 0.3) is 0 Å². The molecule has 0 aliphatic rings. The number of aliphatic imine (C=N–C) groups is 1. The van der Waals surface area contributed by atoms with Gasteiger partial charge in [-0.05, 0) is 6.42 Å². The van der Waals surface area contributed by atoms with Crippen molar-refractivity contribution in [2.45, 2.75) is 77.6 Å². The van der Waals surface area contributed by atoms with Crippen LogP contribution in [0, 0.1) is 0 Å². The van der Waals surface area contributed by atoms with Crippen LogP contribution in [0.3, 0.4) is 0 Å². The zero-order chi connectivity index (χ0) is 13.5. The van der Waals surface area contributed by atoms with E-state index in [2.05, 4.69) is 23.9 Å². The Morgan fingerprint density at radius 3 is 1.67 bits per heavy atom. The minimum atomic E-state index is 1.15. The van der Waals surface area contributed by atoms with Crippen molar-refractivity contribution in [1.29, 1.82) is 0 Å². The third kappa shape index (κ3) is 13.5. The van der Waals surface area contributed by atoms with Crippen LogP contribution in [0.25, 0.3) is 0 Å². The first-order valence-corrected chi connectivity index (χ1v) is 7.93. The van der Waals surface area contributed by atoms with Crippen molar-refractivity contribution in [1.82, 2.24) is 4.90 Å². The average Bonchev–Trinajstić information content (AvgIpc) is 2.36. The lowest BCUT2D eigenvalue weighted by Crippen LogP contribution is -2.17. The summed E-state index contributed by atoms with van der Waals surface area (Å²) in [4.78, 5) is 6.18. The molecule has 0 aromatic heterocycles. The minimum Gasteiger partial charge on any atom is -0.366 e. The second kappa shape index (κ2) is 14.5. The van der Waals surface area contributed by atoms with Gasteiger partial charge in [0.15, 0.2) is 0 Å². The lowest BCUT2D eigenvalue weighted by Gasteiger charge is -2.11. The summed E-state index contributed by atoms with van der Waals surface area (Å²) in [6, 6.07) is 0. The summed E-state index contributed by atoms with van der Waals surface area (Å²) in [5.74, 6) is 0. The molecule has 2 heteroatoms. The van der Waals surface area contributed by atoms with E-state index in [-0.39, 0.29) is 0 Å². The molecule has 0 aliphatic heterocycles. The Hall–Kier alpha value is -0.530. The number of unbranched alkanes of at least 4 members (excludes halogenated alkanes) is 10. The Balaban J connectivity index is 3.03. The molecule has 0 atom stereocenters. The summed E-state index contributed by atoms with van der Waals surface area (Å²) in [7, 11) is 3.93. The van der Waals surface area contributed by atoms with Gasteiger partial charge in [0.1, 0.15) is 0 Å². The summed E-state index contributed by atoms with van der Waals surface area (Å²) in [6.07, 6.45) is 17.5. The van der Waals surface area contributed by atoms with Gasteiger partial charge in [-0.1, -0.05) is 71.1 Å². The summed E-state index contributed by atoms with van der Waals surface area (Å²) >= 11 is 0. The zero-order valence-corrected chi connectivity index (χ0v) is 13.0. The molecular formula is C16H34N2. The maximum Gasteiger partial charge on any atom is 0.0843 e. The van der Waals surface area contributed by atoms with Crippen LogP contribution >= 0.6 is 0 Å². The third-order valence-electron chi connectivity index (χ3n) is 3.43. The quantitative estimate of drug-likeness (QED) is 0.260. The van der Waals surface area contributed by atoms with Crippen LogP contribution in [0.15, 0.2) is 4.99 Å². The van der Waals surface area contributed by atoms with E-state index < -0.39 is 0 Å². The summed E-state index contributed by atoms with van der Waals surface area (Å²) in [5.41, 5.74) is 0. The molecule has 18 heavy (non-hydrogen) atoms. The van der Waals surface area contributed by atoms with E-state index in [4.69, 9.17) is 0 Å².